The first kappa shape index (κ1) is 17.4. The number of hydrogen-bond donors (Lipinski definition) is 0. The molecule has 1 aromatic heterocycles. The number of aromatic nitrogens is 2. The highest BCUT2D eigenvalue weighted by Gasteiger charge is 2.35. The van der Waals surface area contributed by atoms with E-state index in [9.17, 15) is 8.42 Å². The van der Waals surface area contributed by atoms with Crippen molar-refractivity contribution in [3.8, 4) is 5.75 Å². The first-order chi connectivity index (χ1) is 13.0. The van der Waals surface area contributed by atoms with E-state index in [4.69, 9.17) is 4.74 Å². The normalized spacial score (nSPS) is 17.2. The topological polar surface area (TPSA) is 84.8 Å². The molecule has 1 unspecified atom stereocenters. The first-order valence-corrected chi connectivity index (χ1v) is 10.2. The van der Waals surface area contributed by atoms with E-state index in [-0.39, 0.29) is 0 Å². The van der Waals surface area contributed by atoms with Gasteiger partial charge in [-0.25, -0.2) is 8.42 Å². The Balaban J connectivity index is 1.82. The van der Waals surface area contributed by atoms with E-state index in [1.54, 1.807) is 19.5 Å². The van der Waals surface area contributed by atoms with Crippen LogP contribution in [0.3, 0.4) is 0 Å². The SMILES string of the molecule is COc1cccc(C2=NN(S(C)(=O)=O)C(c3cccc4nccnc34)C2)c1. The number of methoxy groups -OCH3 is 1. The molecule has 0 bridgehead atoms. The van der Waals surface area contributed by atoms with Crippen molar-refractivity contribution in [3.05, 3.63) is 66.0 Å². The monoisotopic (exact) mass is 382 g/mol. The molecule has 0 saturated heterocycles. The van der Waals surface area contributed by atoms with Crippen LogP contribution in [0.4, 0.5) is 0 Å². The molecule has 2 heterocycles. The van der Waals surface area contributed by atoms with Crippen molar-refractivity contribution in [2.24, 2.45) is 5.10 Å². The smallest absolute Gasteiger partial charge is 0.247 e. The van der Waals surface area contributed by atoms with Crippen LogP contribution in [0.1, 0.15) is 23.6 Å². The Bertz CT molecular complexity index is 1140. The second-order valence-electron chi connectivity index (χ2n) is 6.31. The summed E-state index contributed by atoms with van der Waals surface area (Å²) < 4.78 is 31.3. The number of hydrogen-bond acceptors (Lipinski definition) is 6. The number of ether oxygens (including phenoxy) is 1. The molecule has 1 aliphatic heterocycles. The van der Waals surface area contributed by atoms with Crippen molar-refractivity contribution in [1.29, 1.82) is 0 Å². The Morgan fingerprint density at radius 3 is 2.67 bits per heavy atom. The predicted molar refractivity (Wildman–Crippen MR) is 103 cm³/mol. The minimum absolute atomic E-state index is 0.440. The molecule has 0 radical (unpaired) electrons. The maximum atomic E-state index is 12.4. The lowest BCUT2D eigenvalue weighted by Gasteiger charge is -2.22. The van der Waals surface area contributed by atoms with E-state index < -0.39 is 16.1 Å². The van der Waals surface area contributed by atoms with Crippen LogP contribution in [0, 0.1) is 0 Å². The zero-order valence-corrected chi connectivity index (χ0v) is 15.7. The number of nitrogens with zero attached hydrogens (tertiary/aromatic N) is 4. The first-order valence-electron chi connectivity index (χ1n) is 8.38. The van der Waals surface area contributed by atoms with Crippen LogP contribution in [-0.2, 0) is 10.0 Å². The summed E-state index contributed by atoms with van der Waals surface area (Å²) in [6.45, 7) is 0. The fourth-order valence-corrected chi connectivity index (χ4v) is 4.18. The van der Waals surface area contributed by atoms with Gasteiger partial charge in [0, 0.05) is 29.9 Å². The minimum Gasteiger partial charge on any atom is -0.497 e. The Morgan fingerprint density at radius 2 is 1.89 bits per heavy atom. The van der Waals surface area contributed by atoms with Gasteiger partial charge >= 0.3 is 0 Å². The molecule has 8 heteroatoms. The third kappa shape index (κ3) is 3.23. The van der Waals surface area contributed by atoms with Crippen molar-refractivity contribution in [2.45, 2.75) is 12.5 Å². The molecule has 3 aromatic rings. The van der Waals surface area contributed by atoms with Gasteiger partial charge in [-0.3, -0.25) is 9.97 Å². The zero-order valence-electron chi connectivity index (χ0n) is 14.9. The fraction of sp³-hybridized carbons (Fsp3) is 0.211. The molecule has 0 amide bonds. The number of hydrazone groups is 1. The molecule has 4 rings (SSSR count). The van der Waals surface area contributed by atoms with E-state index >= 15 is 0 Å². The molecule has 7 nitrogen and oxygen atoms in total. The van der Waals surface area contributed by atoms with Crippen molar-refractivity contribution in [1.82, 2.24) is 14.4 Å². The molecule has 0 aliphatic carbocycles. The zero-order chi connectivity index (χ0) is 19.0. The second-order valence-corrected chi connectivity index (χ2v) is 8.15. The van der Waals surface area contributed by atoms with Crippen LogP contribution in [-0.4, -0.2) is 41.9 Å². The Kier molecular flexibility index (Phi) is 4.27. The summed E-state index contributed by atoms with van der Waals surface area (Å²) in [6, 6.07) is 12.6. The van der Waals surface area contributed by atoms with E-state index in [1.165, 1.54) is 4.41 Å². The maximum Gasteiger partial charge on any atom is 0.247 e. The lowest BCUT2D eigenvalue weighted by molar-refractivity contribution is 0.376. The lowest BCUT2D eigenvalue weighted by atomic mass is 9.98. The second kappa shape index (κ2) is 6.62. The largest absolute Gasteiger partial charge is 0.497 e. The molecule has 0 saturated carbocycles. The molecular weight excluding hydrogens is 364 g/mol. The summed E-state index contributed by atoms with van der Waals surface area (Å²) in [6.07, 6.45) is 4.83. The quantitative estimate of drug-likeness (QED) is 0.693. The van der Waals surface area contributed by atoms with Crippen molar-refractivity contribution in [3.63, 3.8) is 0 Å². The Hall–Kier alpha value is -3.00. The molecule has 2 aromatic carbocycles. The highest BCUT2D eigenvalue weighted by Crippen LogP contribution is 2.37. The number of rotatable bonds is 4. The summed E-state index contributed by atoms with van der Waals surface area (Å²) in [5, 5.41) is 4.43. The van der Waals surface area contributed by atoms with E-state index in [1.807, 2.05) is 42.5 Å². The van der Waals surface area contributed by atoms with Gasteiger partial charge in [0.25, 0.3) is 0 Å². The third-order valence-electron chi connectivity index (χ3n) is 4.50. The van der Waals surface area contributed by atoms with Gasteiger partial charge < -0.3 is 4.74 Å². The van der Waals surface area contributed by atoms with Crippen LogP contribution in [0.2, 0.25) is 0 Å². The summed E-state index contributed by atoms with van der Waals surface area (Å²) in [5.41, 5.74) is 3.70. The van der Waals surface area contributed by atoms with Crippen LogP contribution < -0.4 is 4.74 Å². The van der Waals surface area contributed by atoms with Crippen molar-refractivity contribution < 1.29 is 13.2 Å². The van der Waals surface area contributed by atoms with Crippen molar-refractivity contribution >= 4 is 26.8 Å². The molecule has 0 spiro atoms. The van der Waals surface area contributed by atoms with Crippen LogP contribution in [0.15, 0.2) is 60.0 Å². The molecular formula is C19H18N4O3S. The van der Waals surface area contributed by atoms with E-state index in [0.29, 0.717) is 23.4 Å². The minimum atomic E-state index is -3.56. The van der Waals surface area contributed by atoms with Gasteiger partial charge in [0.2, 0.25) is 10.0 Å². The standard InChI is InChI=1S/C19H18N4O3S/c1-26-14-6-3-5-13(11-14)17-12-18(23(22-17)27(2,24)25)15-7-4-8-16-19(15)21-10-9-20-16/h3-11,18H,12H2,1-2H3. The third-order valence-corrected chi connectivity index (χ3v) is 5.52. The molecule has 138 valence electrons. The van der Waals surface area contributed by atoms with Gasteiger partial charge in [-0.15, -0.1) is 0 Å². The van der Waals surface area contributed by atoms with Gasteiger partial charge in [-0.2, -0.15) is 9.52 Å². The summed E-state index contributed by atoms with van der Waals surface area (Å²) in [7, 11) is -1.97. The average Bonchev–Trinajstić information content (AvgIpc) is 3.13. The summed E-state index contributed by atoms with van der Waals surface area (Å²) in [5.74, 6) is 0.695. The highest BCUT2D eigenvalue weighted by molar-refractivity contribution is 7.88. The van der Waals surface area contributed by atoms with Gasteiger partial charge in [0.1, 0.15) is 5.75 Å². The molecule has 0 N–H and O–H groups in total. The van der Waals surface area contributed by atoms with Crippen LogP contribution >= 0.6 is 0 Å². The number of sulfonamides is 1. The van der Waals surface area contributed by atoms with E-state index in [2.05, 4.69) is 15.1 Å². The van der Waals surface area contributed by atoms with Gasteiger partial charge in [0.15, 0.2) is 0 Å². The Morgan fingerprint density at radius 1 is 1.11 bits per heavy atom. The van der Waals surface area contributed by atoms with Crippen LogP contribution in [0.25, 0.3) is 11.0 Å². The summed E-state index contributed by atoms with van der Waals surface area (Å²) in [4.78, 5) is 8.73. The van der Waals surface area contributed by atoms with E-state index in [0.717, 1.165) is 22.9 Å². The highest BCUT2D eigenvalue weighted by atomic mass is 32.2. The molecule has 0 fully saturated rings. The number of para-hydroxylation sites is 1. The maximum absolute atomic E-state index is 12.4. The van der Waals surface area contributed by atoms with Crippen molar-refractivity contribution in [2.75, 3.05) is 13.4 Å². The molecule has 1 aliphatic rings. The summed E-state index contributed by atoms with van der Waals surface area (Å²) >= 11 is 0. The molecule has 1 atom stereocenters. The fourth-order valence-electron chi connectivity index (χ4n) is 3.29. The lowest BCUT2D eigenvalue weighted by Crippen LogP contribution is -2.26. The van der Waals surface area contributed by atoms with Gasteiger partial charge in [-0.05, 0) is 18.2 Å². The van der Waals surface area contributed by atoms with Crippen LogP contribution in [0.5, 0.6) is 5.75 Å². The average molecular weight is 382 g/mol. The number of benzene rings is 2. The molecule has 27 heavy (non-hydrogen) atoms. The number of fused-ring (bicyclic) bond motifs is 1. The predicted octanol–water partition coefficient (Wildman–Crippen LogP) is 2.75. The Labute approximate surface area is 157 Å². The van der Waals surface area contributed by atoms with Gasteiger partial charge in [0.05, 0.1) is 36.2 Å². The van der Waals surface area contributed by atoms with Gasteiger partial charge in [-0.1, -0.05) is 24.3 Å².